The van der Waals surface area contributed by atoms with Gasteiger partial charge in [-0.3, -0.25) is 9.69 Å². The second-order valence-electron chi connectivity index (χ2n) is 5.16. The maximum absolute atomic E-state index is 10.9. The Bertz CT molecular complexity index is 506. The van der Waals surface area contributed by atoms with Crippen LogP contribution < -0.4 is 0 Å². The van der Waals surface area contributed by atoms with Crippen molar-refractivity contribution < 1.29 is 9.90 Å². The third kappa shape index (κ3) is 5.39. The monoisotopic (exact) mass is 275 g/mol. The first-order valence-corrected chi connectivity index (χ1v) is 6.51. The van der Waals surface area contributed by atoms with Crippen LogP contribution in [-0.2, 0) is 11.3 Å². The summed E-state index contributed by atoms with van der Waals surface area (Å²) < 4.78 is 0. The summed E-state index contributed by atoms with van der Waals surface area (Å²) in [5.74, 6) is -0.824. The lowest BCUT2D eigenvalue weighted by Crippen LogP contribution is -2.35. The van der Waals surface area contributed by atoms with E-state index in [1.54, 1.807) is 6.07 Å². The van der Waals surface area contributed by atoms with Gasteiger partial charge >= 0.3 is 5.97 Å². The van der Waals surface area contributed by atoms with Crippen molar-refractivity contribution in [1.82, 2.24) is 9.80 Å². The normalized spacial score (nSPS) is 10.8. The molecule has 0 unspecified atom stereocenters. The van der Waals surface area contributed by atoms with Crippen LogP contribution in [0.5, 0.6) is 0 Å². The highest BCUT2D eigenvalue weighted by Gasteiger charge is 2.12. The van der Waals surface area contributed by atoms with E-state index in [1.807, 2.05) is 43.0 Å². The summed E-state index contributed by atoms with van der Waals surface area (Å²) in [6.07, 6.45) is 0. The second kappa shape index (κ2) is 7.63. The van der Waals surface area contributed by atoms with Crippen molar-refractivity contribution in [2.24, 2.45) is 0 Å². The van der Waals surface area contributed by atoms with Crippen molar-refractivity contribution in [2.75, 3.05) is 33.7 Å². The van der Waals surface area contributed by atoms with Gasteiger partial charge in [0.05, 0.1) is 18.2 Å². The van der Waals surface area contributed by atoms with E-state index < -0.39 is 5.97 Å². The highest BCUT2D eigenvalue weighted by molar-refractivity contribution is 5.69. The van der Waals surface area contributed by atoms with Gasteiger partial charge in [-0.05, 0) is 44.3 Å². The number of rotatable bonds is 7. The maximum Gasteiger partial charge on any atom is 0.317 e. The number of carboxylic acids is 1. The molecule has 0 aliphatic carbocycles. The number of hydrogen-bond acceptors (Lipinski definition) is 4. The van der Waals surface area contributed by atoms with E-state index in [-0.39, 0.29) is 6.54 Å². The van der Waals surface area contributed by atoms with Crippen LogP contribution in [0.15, 0.2) is 18.2 Å². The Morgan fingerprint density at radius 1 is 1.35 bits per heavy atom. The zero-order valence-corrected chi connectivity index (χ0v) is 12.3. The van der Waals surface area contributed by atoms with Gasteiger partial charge in [-0.15, -0.1) is 0 Å². The molecule has 0 saturated heterocycles. The van der Waals surface area contributed by atoms with Crippen molar-refractivity contribution >= 4 is 5.97 Å². The molecule has 1 aromatic rings. The first kappa shape index (κ1) is 16.2. The number of likely N-dealkylation sites (N-methyl/N-ethyl adjacent to an activating group) is 1. The summed E-state index contributed by atoms with van der Waals surface area (Å²) in [5, 5.41) is 17.8. The molecule has 1 N–H and O–H groups in total. The van der Waals surface area contributed by atoms with Crippen LogP contribution >= 0.6 is 0 Å². The number of nitrogens with zero attached hydrogens (tertiary/aromatic N) is 3. The van der Waals surface area contributed by atoms with Gasteiger partial charge in [0.25, 0.3) is 0 Å². The molecule has 0 atom stereocenters. The van der Waals surface area contributed by atoms with Crippen LogP contribution in [-0.4, -0.2) is 54.6 Å². The van der Waals surface area contributed by atoms with E-state index in [0.29, 0.717) is 18.7 Å². The summed E-state index contributed by atoms with van der Waals surface area (Å²) in [6, 6.07) is 7.61. The summed E-state index contributed by atoms with van der Waals surface area (Å²) in [7, 11) is 3.93. The van der Waals surface area contributed by atoms with E-state index >= 15 is 0 Å². The Balaban J connectivity index is 2.78. The van der Waals surface area contributed by atoms with Crippen LogP contribution in [0.3, 0.4) is 0 Å². The van der Waals surface area contributed by atoms with Gasteiger partial charge in [-0.1, -0.05) is 6.07 Å². The molecule has 0 aliphatic rings. The lowest BCUT2D eigenvalue weighted by Gasteiger charge is -2.23. The van der Waals surface area contributed by atoms with E-state index in [4.69, 9.17) is 10.4 Å². The average Bonchev–Trinajstić information content (AvgIpc) is 2.37. The summed E-state index contributed by atoms with van der Waals surface area (Å²) in [5.41, 5.74) is 2.71. The zero-order chi connectivity index (χ0) is 15.1. The lowest BCUT2D eigenvalue weighted by atomic mass is 10.1. The third-order valence-electron chi connectivity index (χ3n) is 3.09. The molecule has 0 fully saturated rings. The minimum atomic E-state index is -0.824. The van der Waals surface area contributed by atoms with Crippen LogP contribution in [0.4, 0.5) is 0 Å². The van der Waals surface area contributed by atoms with E-state index in [2.05, 4.69) is 6.07 Å². The first-order chi connectivity index (χ1) is 9.42. The molecule has 5 heteroatoms. The molecular formula is C15H21N3O2. The highest BCUT2D eigenvalue weighted by Crippen LogP contribution is 2.13. The van der Waals surface area contributed by atoms with Crippen LogP contribution in [0.25, 0.3) is 0 Å². The first-order valence-electron chi connectivity index (χ1n) is 6.51. The molecule has 5 nitrogen and oxygen atoms in total. The molecule has 0 aliphatic heterocycles. The lowest BCUT2D eigenvalue weighted by molar-refractivity contribution is -0.138. The molecule has 0 spiro atoms. The number of hydrogen-bond donors (Lipinski definition) is 1. The van der Waals surface area contributed by atoms with Gasteiger partial charge < -0.3 is 10.0 Å². The van der Waals surface area contributed by atoms with Crippen molar-refractivity contribution in [3.05, 3.63) is 34.9 Å². The minimum absolute atomic E-state index is 0.0211. The Morgan fingerprint density at radius 3 is 2.55 bits per heavy atom. The molecule has 0 amide bonds. The summed E-state index contributed by atoms with van der Waals surface area (Å²) in [4.78, 5) is 14.9. The van der Waals surface area contributed by atoms with E-state index in [1.165, 1.54) is 0 Å². The number of carbonyl (C=O) groups is 1. The van der Waals surface area contributed by atoms with Crippen molar-refractivity contribution in [2.45, 2.75) is 13.5 Å². The van der Waals surface area contributed by atoms with Crippen LogP contribution in [0.2, 0.25) is 0 Å². The van der Waals surface area contributed by atoms with E-state index in [0.717, 1.165) is 17.7 Å². The topological polar surface area (TPSA) is 67.6 Å². The van der Waals surface area contributed by atoms with Crippen LogP contribution in [0, 0.1) is 18.3 Å². The Labute approximate surface area is 120 Å². The molecule has 0 saturated carbocycles. The molecule has 1 aromatic carbocycles. The van der Waals surface area contributed by atoms with Crippen molar-refractivity contribution in [3.8, 4) is 6.07 Å². The molecule has 20 heavy (non-hydrogen) atoms. The Hall–Kier alpha value is -1.90. The highest BCUT2D eigenvalue weighted by atomic mass is 16.4. The number of aliphatic carboxylic acids is 1. The van der Waals surface area contributed by atoms with Gasteiger partial charge in [-0.2, -0.15) is 5.26 Å². The average molecular weight is 275 g/mol. The van der Waals surface area contributed by atoms with Crippen molar-refractivity contribution in [1.29, 1.82) is 5.26 Å². The number of benzene rings is 1. The quantitative estimate of drug-likeness (QED) is 0.812. The van der Waals surface area contributed by atoms with Crippen molar-refractivity contribution in [3.63, 3.8) is 0 Å². The molecule has 1 rings (SSSR count). The molecular weight excluding hydrogens is 254 g/mol. The molecule has 0 bridgehead atoms. The fraction of sp³-hybridized carbons (Fsp3) is 0.467. The van der Waals surface area contributed by atoms with E-state index in [9.17, 15) is 4.79 Å². The third-order valence-corrected chi connectivity index (χ3v) is 3.09. The largest absolute Gasteiger partial charge is 0.480 e. The Morgan fingerprint density at radius 2 is 2.05 bits per heavy atom. The molecule has 0 radical (unpaired) electrons. The molecule has 0 heterocycles. The smallest absolute Gasteiger partial charge is 0.317 e. The maximum atomic E-state index is 10.9. The fourth-order valence-electron chi connectivity index (χ4n) is 1.93. The summed E-state index contributed by atoms with van der Waals surface area (Å²) in [6.45, 7) is 4.05. The minimum Gasteiger partial charge on any atom is -0.480 e. The summed E-state index contributed by atoms with van der Waals surface area (Å²) >= 11 is 0. The molecule has 0 aromatic heterocycles. The van der Waals surface area contributed by atoms with Gasteiger partial charge in [-0.25, -0.2) is 0 Å². The predicted molar refractivity (Wildman–Crippen MR) is 77.4 cm³/mol. The number of carboxylic acid groups (broad SMARTS) is 1. The predicted octanol–water partition coefficient (Wildman–Crippen LogP) is 1.31. The fourth-order valence-corrected chi connectivity index (χ4v) is 1.93. The number of aryl methyl sites for hydroxylation is 1. The molecule has 108 valence electrons. The zero-order valence-electron chi connectivity index (χ0n) is 12.3. The van der Waals surface area contributed by atoms with Gasteiger partial charge in [0.2, 0.25) is 0 Å². The second-order valence-corrected chi connectivity index (χ2v) is 5.16. The SMILES string of the molecule is Cc1cc(C#N)ccc1CN(CCN(C)C)CC(=O)O. The van der Waals surface area contributed by atoms with Gasteiger partial charge in [0.15, 0.2) is 0 Å². The van der Waals surface area contributed by atoms with Gasteiger partial charge in [0, 0.05) is 19.6 Å². The van der Waals surface area contributed by atoms with Crippen LogP contribution in [0.1, 0.15) is 16.7 Å². The Kier molecular flexibility index (Phi) is 6.16. The van der Waals surface area contributed by atoms with Gasteiger partial charge in [0.1, 0.15) is 0 Å². The number of nitriles is 1. The standard InChI is InChI=1S/C15H21N3O2/c1-12-8-13(9-16)4-5-14(12)10-18(11-15(19)20)7-6-17(2)3/h4-5,8H,6-7,10-11H2,1-3H3,(H,19,20).